The van der Waals surface area contributed by atoms with Crippen LogP contribution in [0.15, 0.2) is 24.3 Å². The number of hydrogen-bond acceptors (Lipinski definition) is 5. The van der Waals surface area contributed by atoms with Crippen LogP contribution in [0.4, 0.5) is 0 Å². The van der Waals surface area contributed by atoms with Gasteiger partial charge in [-0.05, 0) is 43.5 Å². The number of morpholine rings is 1. The Morgan fingerprint density at radius 2 is 2.03 bits per heavy atom. The molecule has 1 aromatic carbocycles. The first-order valence-corrected chi connectivity index (χ1v) is 12.2. The average Bonchev–Trinajstić information content (AvgIpc) is 2.71. The molecule has 7 nitrogen and oxygen atoms in total. The van der Waals surface area contributed by atoms with E-state index in [4.69, 9.17) is 16.3 Å². The van der Waals surface area contributed by atoms with Crippen LogP contribution in [0.25, 0.3) is 0 Å². The Morgan fingerprint density at radius 1 is 1.24 bits per heavy atom. The maximum atomic E-state index is 12.8. The summed E-state index contributed by atoms with van der Waals surface area (Å²) < 4.78 is 32.4. The second kappa shape index (κ2) is 10.7. The van der Waals surface area contributed by atoms with Gasteiger partial charge in [0, 0.05) is 37.7 Å². The fraction of sp³-hybridized carbons (Fsp3) is 0.650. The molecule has 29 heavy (non-hydrogen) atoms. The van der Waals surface area contributed by atoms with Crippen molar-refractivity contribution in [3.8, 4) is 0 Å². The normalized spacial score (nSPS) is 21.8. The maximum Gasteiger partial charge on any atom is 0.224 e. The minimum Gasteiger partial charge on any atom is -0.379 e. The average molecular weight is 444 g/mol. The maximum absolute atomic E-state index is 12.8. The van der Waals surface area contributed by atoms with Crippen molar-refractivity contribution in [3.63, 3.8) is 0 Å². The van der Waals surface area contributed by atoms with Crippen LogP contribution in [0.5, 0.6) is 0 Å². The van der Waals surface area contributed by atoms with Crippen LogP contribution in [0.3, 0.4) is 0 Å². The van der Waals surface area contributed by atoms with Gasteiger partial charge in [0.2, 0.25) is 15.9 Å². The SMILES string of the molecule is O=C(NCCCN1CCOCC1)C1CCCN(S(=O)(=O)Cc2cccc(Cl)c2)C1. The molecule has 2 saturated heterocycles. The van der Waals surface area contributed by atoms with E-state index in [0.717, 1.165) is 45.7 Å². The number of sulfonamides is 1. The summed E-state index contributed by atoms with van der Waals surface area (Å²) in [5, 5.41) is 3.50. The molecule has 1 atom stereocenters. The van der Waals surface area contributed by atoms with E-state index < -0.39 is 10.0 Å². The molecule has 0 aromatic heterocycles. The lowest BCUT2D eigenvalue weighted by Crippen LogP contribution is -2.46. The predicted molar refractivity (Wildman–Crippen MR) is 113 cm³/mol. The molecule has 0 aliphatic carbocycles. The van der Waals surface area contributed by atoms with Gasteiger partial charge in [-0.25, -0.2) is 12.7 Å². The van der Waals surface area contributed by atoms with Gasteiger partial charge in [-0.2, -0.15) is 0 Å². The van der Waals surface area contributed by atoms with Gasteiger partial charge in [-0.3, -0.25) is 9.69 Å². The highest BCUT2D eigenvalue weighted by atomic mass is 35.5. The van der Waals surface area contributed by atoms with Crippen LogP contribution < -0.4 is 5.32 Å². The quantitative estimate of drug-likeness (QED) is 0.619. The van der Waals surface area contributed by atoms with Crippen LogP contribution in [-0.4, -0.2) is 76.0 Å². The molecule has 2 fully saturated rings. The molecule has 0 saturated carbocycles. The molecule has 162 valence electrons. The molecule has 2 heterocycles. The van der Waals surface area contributed by atoms with Gasteiger partial charge < -0.3 is 10.1 Å². The van der Waals surface area contributed by atoms with Gasteiger partial charge in [0.05, 0.1) is 24.9 Å². The molecular formula is C20H30ClN3O4S. The number of rotatable bonds is 8. The highest BCUT2D eigenvalue weighted by Crippen LogP contribution is 2.22. The number of carbonyl (C=O) groups excluding carboxylic acids is 1. The Kier molecular flexibility index (Phi) is 8.32. The van der Waals surface area contributed by atoms with Crippen molar-refractivity contribution in [3.05, 3.63) is 34.9 Å². The molecule has 0 radical (unpaired) electrons. The van der Waals surface area contributed by atoms with E-state index in [9.17, 15) is 13.2 Å². The molecule has 2 aliphatic rings. The molecule has 9 heteroatoms. The van der Waals surface area contributed by atoms with Crippen molar-refractivity contribution >= 4 is 27.5 Å². The summed E-state index contributed by atoms with van der Waals surface area (Å²) in [5.41, 5.74) is 0.659. The third kappa shape index (κ3) is 6.93. The summed E-state index contributed by atoms with van der Waals surface area (Å²) in [6, 6.07) is 6.89. The largest absolute Gasteiger partial charge is 0.379 e. The molecule has 1 aromatic rings. The monoisotopic (exact) mass is 443 g/mol. The van der Waals surface area contributed by atoms with Crippen LogP contribution in [0, 0.1) is 5.92 Å². The zero-order valence-corrected chi connectivity index (χ0v) is 18.3. The summed E-state index contributed by atoms with van der Waals surface area (Å²) in [6.07, 6.45) is 2.30. The summed E-state index contributed by atoms with van der Waals surface area (Å²) in [4.78, 5) is 14.9. The fourth-order valence-electron chi connectivity index (χ4n) is 3.82. The van der Waals surface area contributed by atoms with Crippen molar-refractivity contribution in [2.75, 3.05) is 52.5 Å². The second-order valence-electron chi connectivity index (χ2n) is 7.68. The highest BCUT2D eigenvalue weighted by Gasteiger charge is 2.32. The zero-order chi connectivity index (χ0) is 20.7. The van der Waals surface area contributed by atoms with Crippen molar-refractivity contribution in [2.24, 2.45) is 5.92 Å². The van der Waals surface area contributed by atoms with E-state index in [0.29, 0.717) is 30.1 Å². The van der Waals surface area contributed by atoms with Crippen LogP contribution in [0.1, 0.15) is 24.8 Å². The molecule has 3 rings (SSSR count). The van der Waals surface area contributed by atoms with Gasteiger partial charge in [0.15, 0.2) is 0 Å². The van der Waals surface area contributed by atoms with E-state index in [1.807, 2.05) is 0 Å². The van der Waals surface area contributed by atoms with Crippen molar-refractivity contribution < 1.29 is 17.9 Å². The van der Waals surface area contributed by atoms with Crippen molar-refractivity contribution in [2.45, 2.75) is 25.0 Å². The third-order valence-corrected chi connectivity index (χ3v) is 7.49. The number of ether oxygens (including phenoxy) is 1. The van der Waals surface area contributed by atoms with Gasteiger partial charge in [-0.15, -0.1) is 0 Å². The molecule has 1 N–H and O–H groups in total. The zero-order valence-electron chi connectivity index (χ0n) is 16.7. The Morgan fingerprint density at radius 3 is 2.79 bits per heavy atom. The topological polar surface area (TPSA) is 79.0 Å². The molecule has 0 bridgehead atoms. The van der Waals surface area contributed by atoms with E-state index in [1.54, 1.807) is 24.3 Å². The number of piperidine rings is 1. The minimum atomic E-state index is -3.48. The second-order valence-corrected chi connectivity index (χ2v) is 10.1. The van der Waals surface area contributed by atoms with Gasteiger partial charge >= 0.3 is 0 Å². The number of hydrogen-bond donors (Lipinski definition) is 1. The van der Waals surface area contributed by atoms with E-state index in [1.165, 1.54) is 4.31 Å². The smallest absolute Gasteiger partial charge is 0.224 e. The van der Waals surface area contributed by atoms with Crippen molar-refractivity contribution in [1.29, 1.82) is 0 Å². The highest BCUT2D eigenvalue weighted by molar-refractivity contribution is 7.88. The third-order valence-electron chi connectivity index (χ3n) is 5.44. The van der Waals surface area contributed by atoms with E-state index in [-0.39, 0.29) is 24.1 Å². The molecular weight excluding hydrogens is 414 g/mol. The number of nitrogens with zero attached hydrogens (tertiary/aromatic N) is 2. The fourth-order valence-corrected chi connectivity index (χ4v) is 5.63. The van der Waals surface area contributed by atoms with Gasteiger partial charge in [0.25, 0.3) is 0 Å². The number of benzene rings is 1. The molecule has 1 unspecified atom stereocenters. The molecule has 0 spiro atoms. The predicted octanol–water partition coefficient (Wildman–Crippen LogP) is 1.72. The Balaban J connectivity index is 1.45. The Labute approximate surface area is 178 Å². The number of carbonyl (C=O) groups is 1. The first-order valence-electron chi connectivity index (χ1n) is 10.2. The standard InChI is InChI=1S/C20H30ClN3O4S/c21-19-6-1-4-17(14-19)16-29(26,27)24-9-2-5-18(15-24)20(25)22-7-3-8-23-10-12-28-13-11-23/h1,4,6,14,18H,2-3,5,7-13,15-16H2,(H,22,25). The first-order chi connectivity index (χ1) is 13.9. The Hall–Kier alpha value is -1.19. The van der Waals surface area contributed by atoms with E-state index in [2.05, 4.69) is 10.2 Å². The van der Waals surface area contributed by atoms with Crippen LogP contribution >= 0.6 is 11.6 Å². The van der Waals surface area contributed by atoms with Crippen LogP contribution in [-0.2, 0) is 25.3 Å². The van der Waals surface area contributed by atoms with E-state index >= 15 is 0 Å². The van der Waals surface area contributed by atoms with Gasteiger partial charge in [-0.1, -0.05) is 23.7 Å². The minimum absolute atomic E-state index is 0.0466. The lowest BCUT2D eigenvalue weighted by Gasteiger charge is -2.31. The lowest BCUT2D eigenvalue weighted by atomic mass is 9.99. The Bertz CT molecular complexity index is 784. The summed E-state index contributed by atoms with van der Waals surface area (Å²) in [5.74, 6) is -0.433. The van der Waals surface area contributed by atoms with Crippen LogP contribution in [0.2, 0.25) is 5.02 Å². The summed E-state index contributed by atoms with van der Waals surface area (Å²) in [6.45, 7) is 5.69. The summed E-state index contributed by atoms with van der Waals surface area (Å²) in [7, 11) is -3.48. The first kappa shape index (κ1) is 22.5. The molecule has 2 aliphatic heterocycles. The number of halogens is 1. The number of nitrogens with one attached hydrogen (secondary N) is 1. The van der Waals surface area contributed by atoms with Crippen molar-refractivity contribution in [1.82, 2.24) is 14.5 Å². The summed E-state index contributed by atoms with van der Waals surface area (Å²) >= 11 is 5.96. The lowest BCUT2D eigenvalue weighted by molar-refractivity contribution is -0.126. The van der Waals surface area contributed by atoms with Gasteiger partial charge in [0.1, 0.15) is 0 Å². The number of amides is 1. The molecule has 1 amide bonds.